The van der Waals surface area contributed by atoms with Crippen LogP contribution in [0, 0.1) is 5.92 Å². The summed E-state index contributed by atoms with van der Waals surface area (Å²) in [6.45, 7) is 4.90. The van der Waals surface area contributed by atoms with Gasteiger partial charge in [-0.25, -0.2) is 0 Å². The SMILES string of the molecule is CCOc1ccc(N2C=CN3C(CC(C)CC(=O)NCc4ccccc4Cl)=NNC3C2=O)cc1. The van der Waals surface area contributed by atoms with Gasteiger partial charge in [-0.1, -0.05) is 36.7 Å². The normalized spacial score (nSPS) is 17.7. The van der Waals surface area contributed by atoms with Crippen LogP contribution in [-0.2, 0) is 16.1 Å². The number of carbonyl (C=O) groups is 2. The molecule has 9 heteroatoms. The molecule has 2 heterocycles. The van der Waals surface area contributed by atoms with E-state index < -0.39 is 6.17 Å². The number of ether oxygens (including phenoxy) is 1. The number of nitrogens with zero attached hydrogens (tertiary/aromatic N) is 3. The number of hydrogen-bond donors (Lipinski definition) is 2. The average molecular weight is 482 g/mol. The topological polar surface area (TPSA) is 86.3 Å². The quantitative estimate of drug-likeness (QED) is 0.568. The molecule has 2 aliphatic rings. The lowest BCUT2D eigenvalue weighted by Crippen LogP contribution is -2.52. The number of amidine groups is 1. The molecule has 0 aliphatic carbocycles. The van der Waals surface area contributed by atoms with E-state index in [1.165, 1.54) is 0 Å². The molecule has 2 aromatic rings. The monoisotopic (exact) mass is 481 g/mol. The van der Waals surface area contributed by atoms with Crippen molar-refractivity contribution in [1.82, 2.24) is 15.6 Å². The van der Waals surface area contributed by atoms with Crippen molar-refractivity contribution in [2.75, 3.05) is 11.5 Å². The van der Waals surface area contributed by atoms with Gasteiger partial charge in [0, 0.05) is 42.5 Å². The van der Waals surface area contributed by atoms with Gasteiger partial charge in [0.15, 0.2) is 0 Å². The van der Waals surface area contributed by atoms with Crippen LogP contribution in [0.25, 0.3) is 0 Å². The second-order valence-corrected chi connectivity index (χ2v) is 8.69. The van der Waals surface area contributed by atoms with Crippen LogP contribution in [0.15, 0.2) is 66.0 Å². The van der Waals surface area contributed by atoms with E-state index >= 15 is 0 Å². The zero-order chi connectivity index (χ0) is 24.1. The number of nitrogens with one attached hydrogen (secondary N) is 2. The van der Waals surface area contributed by atoms with Crippen LogP contribution in [0.5, 0.6) is 5.75 Å². The molecule has 0 radical (unpaired) electrons. The molecule has 0 fully saturated rings. The van der Waals surface area contributed by atoms with Crippen LogP contribution in [0.3, 0.4) is 0 Å². The number of carbonyl (C=O) groups excluding carboxylic acids is 2. The Hall–Kier alpha value is -3.52. The minimum Gasteiger partial charge on any atom is -0.494 e. The lowest BCUT2D eigenvalue weighted by atomic mass is 10.0. The maximum Gasteiger partial charge on any atom is 0.276 e. The molecule has 0 saturated carbocycles. The average Bonchev–Trinajstić information content (AvgIpc) is 3.23. The number of amides is 2. The van der Waals surface area contributed by atoms with Gasteiger partial charge in [-0.2, -0.15) is 5.10 Å². The van der Waals surface area contributed by atoms with E-state index in [0.29, 0.717) is 31.0 Å². The highest BCUT2D eigenvalue weighted by molar-refractivity contribution is 6.31. The first-order valence-electron chi connectivity index (χ1n) is 11.3. The largest absolute Gasteiger partial charge is 0.494 e. The standard InChI is InChI=1S/C25H28ClN5O3/c1-3-34-20-10-8-19(9-11-20)30-12-13-31-22(28-29-24(31)25(30)33)14-17(2)15-23(32)27-16-18-6-4-5-7-21(18)26/h4-13,17,24,29H,3,14-16H2,1-2H3,(H,27,32). The number of halogens is 1. The molecule has 8 nitrogen and oxygen atoms in total. The van der Waals surface area contributed by atoms with Gasteiger partial charge in [0.2, 0.25) is 12.1 Å². The van der Waals surface area contributed by atoms with Crippen molar-refractivity contribution in [3.63, 3.8) is 0 Å². The first-order chi connectivity index (χ1) is 16.5. The number of anilines is 1. The third-order valence-corrected chi connectivity index (χ3v) is 6.03. The number of rotatable bonds is 9. The molecule has 2 unspecified atom stereocenters. The van der Waals surface area contributed by atoms with E-state index in [1.807, 2.05) is 67.4 Å². The molecule has 2 aromatic carbocycles. The highest BCUT2D eigenvalue weighted by Crippen LogP contribution is 2.26. The number of hydrogen-bond acceptors (Lipinski definition) is 6. The molecule has 2 N–H and O–H groups in total. The van der Waals surface area contributed by atoms with Gasteiger partial charge < -0.3 is 15.0 Å². The summed E-state index contributed by atoms with van der Waals surface area (Å²) in [5.41, 5.74) is 4.57. The maximum absolute atomic E-state index is 13.1. The second kappa shape index (κ2) is 10.6. The molecular formula is C25H28ClN5O3. The summed E-state index contributed by atoms with van der Waals surface area (Å²) in [5.74, 6) is 1.35. The molecule has 178 valence electrons. The Balaban J connectivity index is 1.31. The van der Waals surface area contributed by atoms with Crippen LogP contribution in [0.2, 0.25) is 5.02 Å². The maximum atomic E-state index is 13.1. The fraction of sp³-hybridized carbons (Fsp3) is 0.320. The lowest BCUT2D eigenvalue weighted by Gasteiger charge is -2.32. The van der Waals surface area contributed by atoms with Gasteiger partial charge in [-0.15, -0.1) is 0 Å². The van der Waals surface area contributed by atoms with E-state index in [1.54, 1.807) is 17.2 Å². The Morgan fingerprint density at radius 1 is 1.21 bits per heavy atom. The summed E-state index contributed by atoms with van der Waals surface area (Å²) in [6, 6.07) is 14.8. The van der Waals surface area contributed by atoms with E-state index in [4.69, 9.17) is 16.3 Å². The molecule has 2 amide bonds. The fourth-order valence-electron chi connectivity index (χ4n) is 3.94. The second-order valence-electron chi connectivity index (χ2n) is 8.28. The van der Waals surface area contributed by atoms with E-state index in [9.17, 15) is 9.59 Å². The number of fused-ring (bicyclic) bond motifs is 1. The Bertz CT molecular complexity index is 1100. The van der Waals surface area contributed by atoms with Crippen molar-refractivity contribution < 1.29 is 14.3 Å². The van der Waals surface area contributed by atoms with Gasteiger partial charge in [0.25, 0.3) is 5.91 Å². The van der Waals surface area contributed by atoms with Crippen LogP contribution in [0.1, 0.15) is 32.3 Å². The first kappa shape index (κ1) is 23.6. The third-order valence-electron chi connectivity index (χ3n) is 5.66. The van der Waals surface area contributed by atoms with Crippen molar-refractivity contribution in [3.8, 4) is 5.75 Å². The number of benzene rings is 2. The van der Waals surface area contributed by atoms with Gasteiger partial charge in [-0.05, 0) is 48.7 Å². The summed E-state index contributed by atoms with van der Waals surface area (Å²) in [6.07, 6.45) is 3.87. The molecule has 0 aromatic heterocycles. The van der Waals surface area contributed by atoms with Crippen molar-refractivity contribution in [2.24, 2.45) is 11.0 Å². The smallest absolute Gasteiger partial charge is 0.276 e. The van der Waals surface area contributed by atoms with Gasteiger partial charge in [0.05, 0.1) is 6.61 Å². The third kappa shape index (κ3) is 5.34. The first-order valence-corrected chi connectivity index (χ1v) is 11.7. The zero-order valence-electron chi connectivity index (χ0n) is 19.2. The van der Waals surface area contributed by atoms with E-state index in [-0.39, 0.29) is 17.7 Å². The molecule has 2 atom stereocenters. The van der Waals surface area contributed by atoms with Crippen molar-refractivity contribution in [2.45, 2.75) is 39.4 Å². The fourth-order valence-corrected chi connectivity index (χ4v) is 4.14. The van der Waals surface area contributed by atoms with Gasteiger partial charge >= 0.3 is 0 Å². The Kier molecular flexibility index (Phi) is 7.37. The minimum absolute atomic E-state index is 0.0400. The number of hydrazone groups is 1. The summed E-state index contributed by atoms with van der Waals surface area (Å²) in [5, 5.41) is 7.93. The molecule has 2 aliphatic heterocycles. The van der Waals surface area contributed by atoms with E-state index in [0.717, 1.165) is 22.8 Å². The zero-order valence-corrected chi connectivity index (χ0v) is 20.0. The Morgan fingerprint density at radius 3 is 2.71 bits per heavy atom. The Morgan fingerprint density at radius 2 is 1.97 bits per heavy atom. The van der Waals surface area contributed by atoms with Crippen molar-refractivity contribution >= 4 is 34.9 Å². The predicted molar refractivity (Wildman–Crippen MR) is 132 cm³/mol. The predicted octanol–water partition coefficient (Wildman–Crippen LogP) is 3.83. The van der Waals surface area contributed by atoms with E-state index in [2.05, 4.69) is 15.8 Å². The summed E-state index contributed by atoms with van der Waals surface area (Å²) in [7, 11) is 0. The highest BCUT2D eigenvalue weighted by Gasteiger charge is 2.38. The summed E-state index contributed by atoms with van der Waals surface area (Å²) < 4.78 is 5.47. The molecule has 0 spiro atoms. The molecular weight excluding hydrogens is 454 g/mol. The van der Waals surface area contributed by atoms with Crippen LogP contribution in [0.4, 0.5) is 5.69 Å². The van der Waals surface area contributed by atoms with Crippen LogP contribution in [-0.4, -0.2) is 35.3 Å². The van der Waals surface area contributed by atoms with Gasteiger partial charge in [-0.3, -0.25) is 19.9 Å². The Labute approximate surface area is 204 Å². The molecule has 0 saturated heterocycles. The lowest BCUT2D eigenvalue weighted by molar-refractivity contribution is -0.123. The van der Waals surface area contributed by atoms with Crippen molar-refractivity contribution in [1.29, 1.82) is 0 Å². The van der Waals surface area contributed by atoms with Crippen LogP contribution < -0.4 is 20.4 Å². The molecule has 34 heavy (non-hydrogen) atoms. The van der Waals surface area contributed by atoms with Crippen molar-refractivity contribution in [3.05, 3.63) is 71.5 Å². The summed E-state index contributed by atoms with van der Waals surface area (Å²) in [4.78, 5) is 28.9. The minimum atomic E-state index is -0.604. The molecule has 4 rings (SSSR count). The summed E-state index contributed by atoms with van der Waals surface area (Å²) >= 11 is 6.15. The van der Waals surface area contributed by atoms with Crippen LogP contribution >= 0.6 is 11.6 Å². The highest BCUT2D eigenvalue weighted by atomic mass is 35.5. The van der Waals surface area contributed by atoms with Gasteiger partial charge in [0.1, 0.15) is 11.6 Å². The molecule has 0 bridgehead atoms.